The number of fused-ring (bicyclic) bond motifs is 1. The van der Waals surface area contributed by atoms with Gasteiger partial charge < -0.3 is 15.0 Å². The van der Waals surface area contributed by atoms with Gasteiger partial charge in [-0.2, -0.15) is 0 Å². The molecule has 118 valence electrons. The third-order valence-corrected chi connectivity index (χ3v) is 3.77. The summed E-state index contributed by atoms with van der Waals surface area (Å²) in [4.78, 5) is 21.0. The van der Waals surface area contributed by atoms with Crippen molar-refractivity contribution in [1.82, 2.24) is 14.9 Å². The molecule has 1 heterocycles. The molecule has 0 aliphatic carbocycles. The minimum absolute atomic E-state index is 0.0119. The fourth-order valence-electron chi connectivity index (χ4n) is 2.47. The number of aliphatic hydroxyl groups excluding tert-OH is 1. The van der Waals surface area contributed by atoms with Crippen molar-refractivity contribution in [3.63, 3.8) is 0 Å². The molecule has 0 saturated heterocycles. The van der Waals surface area contributed by atoms with Crippen LogP contribution in [0.2, 0.25) is 0 Å². The van der Waals surface area contributed by atoms with Crippen molar-refractivity contribution in [2.24, 2.45) is 0 Å². The number of hydrogen-bond acceptors (Lipinski definition) is 3. The number of H-pyrrole nitrogens is 1. The van der Waals surface area contributed by atoms with Crippen LogP contribution in [0.15, 0.2) is 42.5 Å². The van der Waals surface area contributed by atoms with Crippen LogP contribution in [0, 0.1) is 0 Å². The second kappa shape index (κ2) is 5.85. The highest BCUT2D eigenvalue weighted by molar-refractivity contribution is 5.94. The Bertz CT molecular complexity index is 848. The van der Waals surface area contributed by atoms with Gasteiger partial charge in [0.05, 0.1) is 11.0 Å². The van der Waals surface area contributed by atoms with E-state index in [1.807, 2.05) is 42.5 Å². The molecular weight excluding hydrogens is 290 g/mol. The number of carbonyl (C=O) groups is 1. The van der Waals surface area contributed by atoms with Crippen molar-refractivity contribution in [3.05, 3.63) is 53.9 Å². The lowest BCUT2D eigenvalue weighted by molar-refractivity contribution is 0.0827. The van der Waals surface area contributed by atoms with Crippen molar-refractivity contribution < 1.29 is 9.90 Å². The number of benzene rings is 2. The first kappa shape index (κ1) is 15.2. The van der Waals surface area contributed by atoms with Crippen molar-refractivity contribution in [2.75, 3.05) is 14.1 Å². The third kappa shape index (κ3) is 2.96. The van der Waals surface area contributed by atoms with Gasteiger partial charge in [0.1, 0.15) is 11.9 Å². The highest BCUT2D eigenvalue weighted by Crippen LogP contribution is 2.25. The van der Waals surface area contributed by atoms with Gasteiger partial charge in [0.15, 0.2) is 0 Å². The van der Waals surface area contributed by atoms with E-state index in [2.05, 4.69) is 9.97 Å². The number of hydrogen-bond donors (Lipinski definition) is 2. The van der Waals surface area contributed by atoms with Gasteiger partial charge in [-0.3, -0.25) is 4.79 Å². The van der Waals surface area contributed by atoms with E-state index in [1.54, 1.807) is 25.9 Å². The van der Waals surface area contributed by atoms with Crippen LogP contribution in [-0.4, -0.2) is 40.0 Å². The van der Waals surface area contributed by atoms with Crippen LogP contribution >= 0.6 is 0 Å². The van der Waals surface area contributed by atoms with Gasteiger partial charge in [-0.25, -0.2) is 4.98 Å². The van der Waals surface area contributed by atoms with Gasteiger partial charge in [0.2, 0.25) is 0 Å². The maximum Gasteiger partial charge on any atom is 0.253 e. The Labute approximate surface area is 134 Å². The Balaban J connectivity index is 1.95. The summed E-state index contributed by atoms with van der Waals surface area (Å²) < 4.78 is 0. The van der Waals surface area contributed by atoms with Crippen LogP contribution in [0.5, 0.6) is 0 Å². The number of amides is 1. The summed E-state index contributed by atoms with van der Waals surface area (Å²) in [6.07, 6.45) is -0.623. The molecule has 0 bridgehead atoms. The summed E-state index contributed by atoms with van der Waals surface area (Å²) in [7, 11) is 3.48. The van der Waals surface area contributed by atoms with Crippen LogP contribution in [0.4, 0.5) is 0 Å². The predicted octanol–water partition coefficient (Wildman–Crippen LogP) is 2.99. The van der Waals surface area contributed by atoms with E-state index in [1.165, 1.54) is 0 Å². The van der Waals surface area contributed by atoms with Crippen LogP contribution in [0.1, 0.15) is 29.2 Å². The van der Waals surface area contributed by atoms with E-state index < -0.39 is 6.10 Å². The zero-order valence-electron chi connectivity index (χ0n) is 13.4. The molecule has 3 rings (SSSR count). The maximum absolute atomic E-state index is 11.9. The van der Waals surface area contributed by atoms with E-state index in [-0.39, 0.29) is 5.91 Å². The molecule has 23 heavy (non-hydrogen) atoms. The van der Waals surface area contributed by atoms with E-state index >= 15 is 0 Å². The van der Waals surface area contributed by atoms with Gasteiger partial charge in [0.25, 0.3) is 5.91 Å². The number of aromatic amines is 1. The molecule has 2 aromatic carbocycles. The molecule has 0 radical (unpaired) electrons. The van der Waals surface area contributed by atoms with Gasteiger partial charge >= 0.3 is 0 Å². The monoisotopic (exact) mass is 309 g/mol. The van der Waals surface area contributed by atoms with E-state index in [0.717, 1.165) is 22.2 Å². The predicted molar refractivity (Wildman–Crippen MR) is 90.2 cm³/mol. The van der Waals surface area contributed by atoms with Crippen molar-refractivity contribution >= 4 is 16.9 Å². The molecule has 0 saturated carbocycles. The van der Waals surface area contributed by atoms with Crippen molar-refractivity contribution in [1.29, 1.82) is 0 Å². The Morgan fingerprint density at radius 2 is 1.78 bits per heavy atom. The number of nitrogens with zero attached hydrogens (tertiary/aromatic N) is 2. The lowest BCUT2D eigenvalue weighted by atomic mass is 10.0. The SMILES string of the molecule is C[C@H](O)c1nc2ccc(-c3ccc(C(=O)N(C)C)cc3)cc2[nH]1. The maximum atomic E-state index is 11.9. The van der Waals surface area contributed by atoms with E-state index in [9.17, 15) is 9.90 Å². The fraction of sp³-hybridized carbons (Fsp3) is 0.222. The first-order chi connectivity index (χ1) is 11.0. The molecular formula is C18H19N3O2. The number of carbonyl (C=O) groups excluding carboxylic acids is 1. The summed E-state index contributed by atoms with van der Waals surface area (Å²) in [6.45, 7) is 1.68. The molecule has 1 amide bonds. The number of nitrogens with one attached hydrogen (secondary N) is 1. The van der Waals surface area contributed by atoms with Gasteiger partial charge in [-0.1, -0.05) is 18.2 Å². The molecule has 0 aliphatic rings. The summed E-state index contributed by atoms with van der Waals surface area (Å²) in [6, 6.07) is 13.4. The van der Waals surface area contributed by atoms with E-state index in [0.29, 0.717) is 11.4 Å². The van der Waals surface area contributed by atoms with Gasteiger partial charge in [-0.05, 0) is 42.3 Å². The second-order valence-corrected chi connectivity index (χ2v) is 5.81. The topological polar surface area (TPSA) is 69.2 Å². The third-order valence-electron chi connectivity index (χ3n) is 3.77. The molecule has 0 fully saturated rings. The number of imidazole rings is 1. The van der Waals surface area contributed by atoms with Gasteiger partial charge in [-0.15, -0.1) is 0 Å². The summed E-state index contributed by atoms with van der Waals surface area (Å²) in [5.74, 6) is 0.547. The lowest BCUT2D eigenvalue weighted by Gasteiger charge is -2.10. The van der Waals surface area contributed by atoms with Crippen molar-refractivity contribution in [3.8, 4) is 11.1 Å². The summed E-state index contributed by atoms with van der Waals surface area (Å²) in [5, 5.41) is 9.61. The molecule has 1 aromatic heterocycles. The lowest BCUT2D eigenvalue weighted by Crippen LogP contribution is -2.21. The first-order valence-corrected chi connectivity index (χ1v) is 7.45. The van der Waals surface area contributed by atoms with Crippen molar-refractivity contribution in [2.45, 2.75) is 13.0 Å². The second-order valence-electron chi connectivity index (χ2n) is 5.81. The van der Waals surface area contributed by atoms with Crippen LogP contribution in [0.25, 0.3) is 22.2 Å². The Morgan fingerprint density at radius 3 is 2.39 bits per heavy atom. The highest BCUT2D eigenvalue weighted by Gasteiger charge is 2.10. The molecule has 5 heteroatoms. The molecule has 3 aromatic rings. The fourth-order valence-corrected chi connectivity index (χ4v) is 2.47. The molecule has 0 spiro atoms. The zero-order valence-corrected chi connectivity index (χ0v) is 13.4. The van der Waals surface area contributed by atoms with Crippen LogP contribution in [0.3, 0.4) is 0 Å². The zero-order chi connectivity index (χ0) is 16.6. The Hall–Kier alpha value is -2.66. The average Bonchev–Trinajstić information content (AvgIpc) is 2.97. The smallest absolute Gasteiger partial charge is 0.253 e. The molecule has 0 unspecified atom stereocenters. The summed E-state index contributed by atoms with van der Waals surface area (Å²) in [5.41, 5.74) is 4.42. The average molecular weight is 309 g/mol. The highest BCUT2D eigenvalue weighted by atomic mass is 16.3. The minimum atomic E-state index is -0.623. The Morgan fingerprint density at radius 1 is 1.13 bits per heavy atom. The standard InChI is InChI=1S/C18H19N3O2/c1-11(22)17-19-15-9-8-14(10-16(15)20-17)12-4-6-13(7-5-12)18(23)21(2)3/h4-11,22H,1-3H3,(H,19,20)/t11-/m0/s1. The van der Waals surface area contributed by atoms with E-state index in [4.69, 9.17) is 0 Å². The molecule has 2 N–H and O–H groups in total. The van der Waals surface area contributed by atoms with Crippen LogP contribution in [-0.2, 0) is 0 Å². The largest absolute Gasteiger partial charge is 0.385 e. The molecule has 5 nitrogen and oxygen atoms in total. The van der Waals surface area contributed by atoms with Crippen LogP contribution < -0.4 is 0 Å². The quantitative estimate of drug-likeness (QED) is 0.781. The minimum Gasteiger partial charge on any atom is -0.385 e. The van der Waals surface area contributed by atoms with Gasteiger partial charge in [0, 0.05) is 19.7 Å². The first-order valence-electron chi connectivity index (χ1n) is 7.45. The molecule has 0 aliphatic heterocycles. The number of aliphatic hydroxyl groups is 1. The normalized spacial score (nSPS) is 12.3. The summed E-state index contributed by atoms with van der Waals surface area (Å²) >= 11 is 0. The Kier molecular flexibility index (Phi) is 3.88. The number of aromatic nitrogens is 2. The number of rotatable bonds is 3. The molecule has 1 atom stereocenters.